The van der Waals surface area contributed by atoms with Gasteiger partial charge in [-0.25, -0.2) is 4.99 Å². The van der Waals surface area contributed by atoms with Gasteiger partial charge in [0.15, 0.2) is 5.17 Å². The summed E-state index contributed by atoms with van der Waals surface area (Å²) >= 11 is 1.44. The number of aryl methyl sites for hydroxylation is 1. The highest BCUT2D eigenvalue weighted by molar-refractivity contribution is 8.18. The summed E-state index contributed by atoms with van der Waals surface area (Å²) in [5, 5.41) is 11.8. The van der Waals surface area contributed by atoms with Gasteiger partial charge in [-0.2, -0.15) is 0 Å². The number of hydrogen-bond donors (Lipinski definition) is 0. The lowest BCUT2D eigenvalue weighted by atomic mass is 9.94. The second-order valence-electron chi connectivity index (χ2n) is 9.24. The first-order chi connectivity index (χ1) is 17.4. The normalized spacial score (nSPS) is 18.9. The summed E-state index contributed by atoms with van der Waals surface area (Å²) in [5.41, 5.74) is 4.66. The van der Waals surface area contributed by atoms with Gasteiger partial charge in [0.05, 0.1) is 15.5 Å². The van der Waals surface area contributed by atoms with Gasteiger partial charge in [-0.1, -0.05) is 37.5 Å². The van der Waals surface area contributed by atoms with Crippen LogP contribution < -0.4 is 0 Å². The van der Waals surface area contributed by atoms with Gasteiger partial charge in [-0.15, -0.1) is 0 Å². The topological polar surface area (TPSA) is 80.7 Å². The lowest BCUT2D eigenvalue weighted by molar-refractivity contribution is -0.384. The lowest BCUT2D eigenvalue weighted by Crippen LogP contribution is -2.40. The molecule has 0 radical (unpaired) electrons. The van der Waals surface area contributed by atoms with Gasteiger partial charge in [-0.05, 0) is 80.4 Å². The number of nitrogens with zero attached hydrogens (tertiary/aromatic N) is 4. The van der Waals surface area contributed by atoms with Gasteiger partial charge in [0.1, 0.15) is 0 Å². The van der Waals surface area contributed by atoms with Crippen LogP contribution in [-0.2, 0) is 4.79 Å². The van der Waals surface area contributed by atoms with Crippen molar-refractivity contribution in [3.8, 4) is 5.69 Å². The molecule has 1 saturated carbocycles. The highest BCUT2D eigenvalue weighted by Crippen LogP contribution is 2.39. The fraction of sp³-hybridized carbons (Fsp3) is 0.286. The number of carbonyl (C=O) groups is 1. The number of benzene rings is 2. The van der Waals surface area contributed by atoms with Crippen molar-refractivity contribution >= 4 is 40.3 Å². The van der Waals surface area contributed by atoms with E-state index in [4.69, 9.17) is 4.99 Å². The minimum absolute atomic E-state index is 0.0155. The molecular weight excluding hydrogens is 472 g/mol. The van der Waals surface area contributed by atoms with Crippen molar-refractivity contribution in [1.82, 2.24) is 9.47 Å². The van der Waals surface area contributed by atoms with Crippen LogP contribution >= 0.6 is 11.8 Å². The van der Waals surface area contributed by atoms with Crippen molar-refractivity contribution in [3.63, 3.8) is 0 Å². The van der Waals surface area contributed by atoms with Crippen LogP contribution in [0.25, 0.3) is 11.8 Å². The first-order valence-electron chi connectivity index (χ1n) is 12.2. The van der Waals surface area contributed by atoms with Crippen molar-refractivity contribution in [2.75, 3.05) is 0 Å². The molecule has 1 aliphatic heterocycles. The standard InChI is InChI=1S/C28H28N4O3S/c1-19-17-21(20(2)30(19)24-13-15-25(16-14-24)32(34)35)18-26-27(33)31(23-11-7-4-8-12-23)28(36-26)29-22-9-5-3-6-10-22/h3,5-6,9-10,13-18,23H,4,7-8,11-12H2,1-2H3/b26-18-,29-28?. The highest BCUT2D eigenvalue weighted by Gasteiger charge is 2.38. The molecule has 1 aromatic heterocycles. The molecule has 0 unspecified atom stereocenters. The third-order valence-corrected chi connectivity index (χ3v) is 7.82. The second kappa shape index (κ2) is 10.1. The Morgan fingerprint density at radius 3 is 2.39 bits per heavy atom. The number of para-hydroxylation sites is 1. The van der Waals surface area contributed by atoms with Gasteiger partial charge >= 0.3 is 0 Å². The zero-order chi connectivity index (χ0) is 25.2. The molecule has 0 N–H and O–H groups in total. The summed E-state index contributed by atoms with van der Waals surface area (Å²) in [6.45, 7) is 4.00. The van der Waals surface area contributed by atoms with E-state index >= 15 is 0 Å². The molecule has 1 aliphatic carbocycles. The third-order valence-electron chi connectivity index (χ3n) is 6.83. The van der Waals surface area contributed by atoms with Crippen molar-refractivity contribution < 1.29 is 9.72 Å². The van der Waals surface area contributed by atoms with E-state index in [-0.39, 0.29) is 17.6 Å². The third kappa shape index (κ3) is 4.73. The molecule has 0 bridgehead atoms. The quantitative estimate of drug-likeness (QED) is 0.216. The van der Waals surface area contributed by atoms with Crippen molar-refractivity contribution in [2.24, 2.45) is 4.99 Å². The zero-order valence-electron chi connectivity index (χ0n) is 20.4. The highest BCUT2D eigenvalue weighted by atomic mass is 32.2. The van der Waals surface area contributed by atoms with Crippen LogP contribution in [0, 0.1) is 24.0 Å². The van der Waals surface area contributed by atoms with Crippen LogP contribution in [0.15, 0.2) is 70.6 Å². The van der Waals surface area contributed by atoms with Crippen molar-refractivity contribution in [1.29, 1.82) is 0 Å². The number of nitro groups is 1. The largest absolute Gasteiger partial charge is 0.318 e. The first kappa shape index (κ1) is 24.1. The van der Waals surface area contributed by atoms with E-state index in [2.05, 4.69) is 10.6 Å². The van der Waals surface area contributed by atoms with Crippen LogP contribution in [0.5, 0.6) is 0 Å². The average molecular weight is 501 g/mol. The molecule has 1 amide bonds. The maximum Gasteiger partial charge on any atom is 0.269 e. The molecular formula is C28H28N4O3S. The molecule has 1 saturated heterocycles. The predicted molar refractivity (Wildman–Crippen MR) is 145 cm³/mol. The SMILES string of the molecule is Cc1cc(/C=C2\SC(=Nc3ccccc3)N(C3CCCCC3)C2=O)c(C)n1-c1ccc([N+](=O)[O-])cc1. The Kier molecular flexibility index (Phi) is 6.78. The molecule has 2 fully saturated rings. The van der Waals surface area contributed by atoms with E-state index in [9.17, 15) is 14.9 Å². The minimum atomic E-state index is -0.398. The lowest BCUT2D eigenvalue weighted by Gasteiger charge is -2.30. The Bertz CT molecular complexity index is 1350. The van der Waals surface area contributed by atoms with E-state index in [1.54, 1.807) is 12.1 Å². The van der Waals surface area contributed by atoms with E-state index in [1.807, 2.05) is 55.2 Å². The van der Waals surface area contributed by atoms with E-state index in [0.29, 0.717) is 4.91 Å². The Morgan fingerprint density at radius 1 is 1.03 bits per heavy atom. The Labute approximate surface area is 214 Å². The number of aliphatic imine (C=N–C) groups is 1. The van der Waals surface area contributed by atoms with Crippen LogP contribution in [0.4, 0.5) is 11.4 Å². The zero-order valence-corrected chi connectivity index (χ0v) is 21.2. The molecule has 5 rings (SSSR count). The number of carbonyl (C=O) groups excluding carboxylic acids is 1. The molecule has 184 valence electrons. The maximum absolute atomic E-state index is 13.7. The summed E-state index contributed by atoms with van der Waals surface area (Å²) in [5.74, 6) is 0.0155. The van der Waals surface area contributed by atoms with Crippen LogP contribution in [0.2, 0.25) is 0 Å². The summed E-state index contributed by atoms with van der Waals surface area (Å²) in [6.07, 6.45) is 7.44. The van der Waals surface area contributed by atoms with E-state index in [0.717, 1.165) is 59.2 Å². The number of rotatable bonds is 5. The average Bonchev–Trinajstić information content (AvgIpc) is 3.34. The smallest absolute Gasteiger partial charge is 0.269 e. The monoisotopic (exact) mass is 500 g/mol. The van der Waals surface area contributed by atoms with Crippen LogP contribution in [0.1, 0.15) is 49.1 Å². The summed E-state index contributed by atoms with van der Waals surface area (Å²) in [4.78, 5) is 31.7. The summed E-state index contributed by atoms with van der Waals surface area (Å²) < 4.78 is 2.05. The number of amidine groups is 1. The predicted octanol–water partition coefficient (Wildman–Crippen LogP) is 6.94. The number of amides is 1. The second-order valence-corrected chi connectivity index (χ2v) is 10.3. The van der Waals surface area contributed by atoms with Gasteiger partial charge in [0.2, 0.25) is 0 Å². The van der Waals surface area contributed by atoms with E-state index in [1.165, 1.54) is 30.3 Å². The molecule has 36 heavy (non-hydrogen) atoms. The number of thioether (sulfide) groups is 1. The molecule has 3 aromatic rings. The molecule has 2 heterocycles. The van der Waals surface area contributed by atoms with Crippen LogP contribution in [-0.4, -0.2) is 31.5 Å². The Hall–Kier alpha value is -3.65. The fourth-order valence-corrected chi connectivity index (χ4v) is 6.08. The van der Waals surface area contributed by atoms with Crippen molar-refractivity contribution in [3.05, 3.63) is 92.6 Å². The molecule has 2 aromatic carbocycles. The number of hydrogen-bond acceptors (Lipinski definition) is 5. The summed E-state index contributed by atoms with van der Waals surface area (Å²) in [7, 11) is 0. The van der Waals surface area contributed by atoms with Crippen molar-refractivity contribution in [2.45, 2.75) is 52.0 Å². The molecule has 2 aliphatic rings. The Morgan fingerprint density at radius 2 is 1.72 bits per heavy atom. The minimum Gasteiger partial charge on any atom is -0.318 e. The maximum atomic E-state index is 13.7. The summed E-state index contributed by atoms with van der Waals surface area (Å²) in [6, 6.07) is 18.5. The van der Waals surface area contributed by atoms with E-state index < -0.39 is 4.92 Å². The van der Waals surface area contributed by atoms with Gasteiger partial charge < -0.3 is 4.57 Å². The first-order valence-corrected chi connectivity index (χ1v) is 13.0. The Balaban J connectivity index is 1.50. The van der Waals surface area contributed by atoms with Gasteiger partial charge in [-0.3, -0.25) is 19.8 Å². The molecule has 7 nitrogen and oxygen atoms in total. The molecule has 0 atom stereocenters. The number of non-ortho nitro benzene ring substituents is 1. The number of nitro benzene ring substituents is 1. The molecule has 8 heteroatoms. The van der Waals surface area contributed by atoms with Gasteiger partial charge in [0.25, 0.3) is 11.6 Å². The number of aromatic nitrogens is 1. The van der Waals surface area contributed by atoms with Gasteiger partial charge in [0, 0.05) is 35.2 Å². The molecule has 0 spiro atoms. The fourth-order valence-electron chi connectivity index (χ4n) is 5.03. The van der Waals surface area contributed by atoms with Crippen LogP contribution in [0.3, 0.4) is 0 Å².